The standard InChI is InChI=1S/C25H21N3OS/c1-17-8-7-11-19(16-17)28-24(23(27-25(28)30)20-12-5-6-15-26-20)22-14-13-21(29-22)18-9-3-2-4-10-18/h2-16,23-24H,1H3,(H,27,30). The Morgan fingerprint density at radius 1 is 0.933 bits per heavy atom. The predicted molar refractivity (Wildman–Crippen MR) is 123 cm³/mol. The second-order valence-corrected chi connectivity index (χ2v) is 7.79. The van der Waals surface area contributed by atoms with Crippen molar-refractivity contribution in [1.29, 1.82) is 0 Å². The number of hydrogen-bond donors (Lipinski definition) is 1. The summed E-state index contributed by atoms with van der Waals surface area (Å²) >= 11 is 5.77. The van der Waals surface area contributed by atoms with Crippen LogP contribution in [0.2, 0.25) is 0 Å². The Labute approximate surface area is 181 Å². The summed E-state index contributed by atoms with van der Waals surface area (Å²) in [6.07, 6.45) is 1.81. The molecule has 4 aromatic rings. The fourth-order valence-corrected chi connectivity index (χ4v) is 4.31. The summed E-state index contributed by atoms with van der Waals surface area (Å²) in [6, 6.07) is 28.2. The Bertz CT molecular complexity index is 1170. The average Bonchev–Trinajstić information content (AvgIpc) is 3.39. The lowest BCUT2D eigenvalue weighted by Crippen LogP contribution is -2.29. The molecule has 5 heteroatoms. The molecule has 148 valence electrons. The SMILES string of the molecule is Cc1cccc(N2C(=S)NC(c3ccccn3)C2c2ccc(-c3ccccc3)o2)c1. The van der Waals surface area contributed by atoms with Gasteiger partial charge in [-0.2, -0.15) is 0 Å². The first kappa shape index (κ1) is 18.6. The van der Waals surface area contributed by atoms with Gasteiger partial charge in [-0.15, -0.1) is 0 Å². The van der Waals surface area contributed by atoms with Crippen molar-refractivity contribution < 1.29 is 4.42 Å². The van der Waals surface area contributed by atoms with Crippen molar-refractivity contribution in [1.82, 2.24) is 10.3 Å². The van der Waals surface area contributed by atoms with Gasteiger partial charge in [0.15, 0.2) is 5.11 Å². The molecule has 0 amide bonds. The molecular formula is C25H21N3OS. The van der Waals surface area contributed by atoms with E-state index >= 15 is 0 Å². The molecule has 2 aromatic heterocycles. The van der Waals surface area contributed by atoms with Gasteiger partial charge in [0, 0.05) is 17.4 Å². The first-order valence-corrected chi connectivity index (χ1v) is 10.3. The first-order chi connectivity index (χ1) is 14.7. The minimum absolute atomic E-state index is 0.117. The number of nitrogens with one attached hydrogen (secondary N) is 1. The van der Waals surface area contributed by atoms with Crippen molar-refractivity contribution in [3.05, 3.63) is 108 Å². The van der Waals surface area contributed by atoms with Crippen molar-refractivity contribution in [2.75, 3.05) is 4.90 Å². The molecule has 0 spiro atoms. The highest BCUT2D eigenvalue weighted by molar-refractivity contribution is 7.80. The maximum Gasteiger partial charge on any atom is 0.174 e. The Morgan fingerprint density at radius 2 is 1.77 bits per heavy atom. The normalized spacial score (nSPS) is 18.4. The van der Waals surface area contributed by atoms with Gasteiger partial charge in [0.25, 0.3) is 0 Å². The van der Waals surface area contributed by atoms with E-state index in [-0.39, 0.29) is 12.1 Å². The molecule has 5 rings (SSSR count). The van der Waals surface area contributed by atoms with E-state index in [1.165, 1.54) is 5.56 Å². The Morgan fingerprint density at radius 3 is 2.53 bits per heavy atom. The van der Waals surface area contributed by atoms with Gasteiger partial charge in [-0.25, -0.2) is 0 Å². The zero-order chi connectivity index (χ0) is 20.5. The molecule has 0 bridgehead atoms. The number of benzene rings is 2. The van der Waals surface area contributed by atoms with Gasteiger partial charge >= 0.3 is 0 Å². The number of furan rings is 1. The molecule has 1 N–H and O–H groups in total. The summed E-state index contributed by atoms with van der Waals surface area (Å²) in [5.41, 5.74) is 4.19. The molecule has 0 aliphatic carbocycles. The summed E-state index contributed by atoms with van der Waals surface area (Å²) < 4.78 is 6.37. The zero-order valence-corrected chi connectivity index (χ0v) is 17.3. The number of rotatable bonds is 4. The van der Waals surface area contributed by atoms with Crippen LogP contribution in [0.15, 0.2) is 95.5 Å². The second kappa shape index (κ2) is 7.76. The van der Waals surface area contributed by atoms with Crippen LogP contribution in [0.3, 0.4) is 0 Å². The van der Waals surface area contributed by atoms with Crippen LogP contribution in [-0.2, 0) is 0 Å². The highest BCUT2D eigenvalue weighted by Gasteiger charge is 2.42. The minimum atomic E-state index is -0.147. The third kappa shape index (κ3) is 3.37. The van der Waals surface area contributed by atoms with Gasteiger partial charge in [-0.05, 0) is 61.1 Å². The summed E-state index contributed by atoms with van der Waals surface area (Å²) in [6.45, 7) is 2.09. The summed E-state index contributed by atoms with van der Waals surface area (Å²) in [5.74, 6) is 1.69. The second-order valence-electron chi connectivity index (χ2n) is 7.40. The van der Waals surface area contributed by atoms with Crippen molar-refractivity contribution in [3.63, 3.8) is 0 Å². The average molecular weight is 412 g/mol. The van der Waals surface area contributed by atoms with Crippen LogP contribution >= 0.6 is 12.2 Å². The molecule has 0 radical (unpaired) electrons. The van der Waals surface area contributed by atoms with Crippen LogP contribution in [0.1, 0.15) is 29.1 Å². The van der Waals surface area contributed by atoms with Crippen LogP contribution in [0.25, 0.3) is 11.3 Å². The van der Waals surface area contributed by atoms with E-state index in [2.05, 4.69) is 58.5 Å². The predicted octanol–water partition coefficient (Wildman–Crippen LogP) is 5.83. The Hall–Kier alpha value is -3.44. The molecule has 30 heavy (non-hydrogen) atoms. The number of anilines is 1. The fraction of sp³-hybridized carbons (Fsp3) is 0.120. The largest absolute Gasteiger partial charge is 0.459 e. The number of aromatic nitrogens is 1. The quantitative estimate of drug-likeness (QED) is 0.428. The number of hydrogen-bond acceptors (Lipinski definition) is 3. The third-order valence-electron chi connectivity index (χ3n) is 5.35. The van der Waals surface area contributed by atoms with Crippen molar-refractivity contribution in [3.8, 4) is 11.3 Å². The highest BCUT2D eigenvalue weighted by Crippen LogP contribution is 2.42. The van der Waals surface area contributed by atoms with Crippen LogP contribution in [0.5, 0.6) is 0 Å². The van der Waals surface area contributed by atoms with E-state index in [0.717, 1.165) is 28.5 Å². The third-order valence-corrected chi connectivity index (χ3v) is 5.67. The van der Waals surface area contributed by atoms with E-state index in [4.69, 9.17) is 16.6 Å². The highest BCUT2D eigenvalue weighted by atomic mass is 32.1. The summed E-state index contributed by atoms with van der Waals surface area (Å²) in [7, 11) is 0. The van der Waals surface area contributed by atoms with E-state index < -0.39 is 0 Å². The lowest BCUT2D eigenvalue weighted by atomic mass is 10.0. The molecule has 1 aliphatic rings. The first-order valence-electron chi connectivity index (χ1n) is 9.93. The molecule has 1 fully saturated rings. The van der Waals surface area contributed by atoms with Crippen LogP contribution in [-0.4, -0.2) is 10.1 Å². The minimum Gasteiger partial charge on any atom is -0.459 e. The van der Waals surface area contributed by atoms with Crippen LogP contribution in [0, 0.1) is 6.92 Å². The number of thiocarbonyl (C=S) groups is 1. The monoisotopic (exact) mass is 411 g/mol. The molecule has 1 saturated heterocycles. The van der Waals surface area contributed by atoms with Gasteiger partial charge in [0.2, 0.25) is 0 Å². The topological polar surface area (TPSA) is 41.3 Å². The number of aryl methyl sites for hydroxylation is 1. The maximum absolute atomic E-state index is 6.37. The molecule has 2 unspecified atom stereocenters. The van der Waals surface area contributed by atoms with Gasteiger partial charge in [-0.3, -0.25) is 4.98 Å². The smallest absolute Gasteiger partial charge is 0.174 e. The van der Waals surface area contributed by atoms with Crippen molar-refractivity contribution in [2.24, 2.45) is 0 Å². The maximum atomic E-state index is 6.37. The van der Waals surface area contributed by atoms with Crippen LogP contribution < -0.4 is 10.2 Å². The van der Waals surface area contributed by atoms with Gasteiger partial charge in [-0.1, -0.05) is 48.5 Å². The van der Waals surface area contributed by atoms with Crippen molar-refractivity contribution in [2.45, 2.75) is 19.0 Å². The van der Waals surface area contributed by atoms with E-state index in [1.54, 1.807) is 0 Å². The fourth-order valence-electron chi connectivity index (χ4n) is 3.97. The lowest BCUT2D eigenvalue weighted by Gasteiger charge is -2.26. The zero-order valence-electron chi connectivity index (χ0n) is 16.5. The molecule has 3 heterocycles. The van der Waals surface area contributed by atoms with Gasteiger partial charge < -0.3 is 14.6 Å². The van der Waals surface area contributed by atoms with Crippen LogP contribution in [0.4, 0.5) is 5.69 Å². The van der Waals surface area contributed by atoms with E-state index in [9.17, 15) is 0 Å². The Kier molecular flexibility index (Phi) is 4.81. The van der Waals surface area contributed by atoms with E-state index in [1.807, 2.05) is 54.7 Å². The van der Waals surface area contributed by atoms with E-state index in [0.29, 0.717) is 5.11 Å². The molecular weight excluding hydrogens is 390 g/mol. The molecule has 2 atom stereocenters. The molecule has 1 aliphatic heterocycles. The Balaban J connectivity index is 1.61. The molecule has 0 saturated carbocycles. The van der Waals surface area contributed by atoms with Gasteiger partial charge in [0.1, 0.15) is 17.6 Å². The number of pyridine rings is 1. The number of nitrogens with zero attached hydrogens (tertiary/aromatic N) is 2. The summed E-state index contributed by atoms with van der Waals surface area (Å²) in [4.78, 5) is 6.73. The van der Waals surface area contributed by atoms with Gasteiger partial charge in [0.05, 0.1) is 11.7 Å². The molecule has 2 aromatic carbocycles. The molecule has 4 nitrogen and oxygen atoms in total. The lowest BCUT2D eigenvalue weighted by molar-refractivity contribution is 0.439. The van der Waals surface area contributed by atoms with Crippen molar-refractivity contribution >= 4 is 23.0 Å². The summed E-state index contributed by atoms with van der Waals surface area (Å²) in [5, 5.41) is 4.14.